The Kier molecular flexibility index (Phi) is 4.39. The normalized spacial score (nSPS) is 10.5. The van der Waals surface area contributed by atoms with Crippen molar-refractivity contribution in [1.82, 2.24) is 9.97 Å². The highest BCUT2D eigenvalue weighted by Gasteiger charge is 2.01. The molecule has 2 aromatic rings. The summed E-state index contributed by atoms with van der Waals surface area (Å²) in [7, 11) is 1.67. The zero-order valence-electron chi connectivity index (χ0n) is 9.84. The monoisotopic (exact) mass is 266 g/mol. The van der Waals surface area contributed by atoms with Crippen molar-refractivity contribution in [1.29, 1.82) is 0 Å². The van der Waals surface area contributed by atoms with E-state index in [-0.39, 0.29) is 0 Å². The van der Waals surface area contributed by atoms with Gasteiger partial charge in [-0.05, 0) is 13.0 Å². The van der Waals surface area contributed by atoms with Gasteiger partial charge in [0, 0.05) is 34.8 Å². The number of thiazole rings is 1. The van der Waals surface area contributed by atoms with E-state index in [0.717, 1.165) is 28.0 Å². The summed E-state index contributed by atoms with van der Waals surface area (Å²) in [6.07, 6.45) is 3.73. The summed E-state index contributed by atoms with van der Waals surface area (Å²) in [4.78, 5) is 9.87. The quantitative estimate of drug-likeness (QED) is 0.832. The van der Waals surface area contributed by atoms with Crippen molar-refractivity contribution in [2.45, 2.75) is 18.4 Å². The number of ether oxygens (including phenoxy) is 1. The molecular weight excluding hydrogens is 252 g/mol. The SMILES string of the molecule is COc1ccnc(CSCc2cnc(C)s2)c1. The highest BCUT2D eigenvalue weighted by Crippen LogP contribution is 2.22. The first-order valence-electron chi connectivity index (χ1n) is 5.26. The number of methoxy groups -OCH3 is 1. The molecule has 0 aliphatic rings. The van der Waals surface area contributed by atoms with Crippen LogP contribution >= 0.6 is 23.1 Å². The molecule has 0 amide bonds. The topological polar surface area (TPSA) is 35.0 Å². The van der Waals surface area contributed by atoms with Crippen LogP contribution in [-0.4, -0.2) is 17.1 Å². The molecule has 0 aliphatic carbocycles. The van der Waals surface area contributed by atoms with Gasteiger partial charge in [0.25, 0.3) is 0 Å². The Labute approximate surface area is 109 Å². The summed E-state index contributed by atoms with van der Waals surface area (Å²) in [6, 6.07) is 3.84. The highest BCUT2D eigenvalue weighted by atomic mass is 32.2. The molecule has 0 spiro atoms. The van der Waals surface area contributed by atoms with Crippen LogP contribution < -0.4 is 4.74 Å². The second kappa shape index (κ2) is 6.02. The third kappa shape index (κ3) is 3.71. The van der Waals surface area contributed by atoms with Crippen molar-refractivity contribution in [3.63, 3.8) is 0 Å². The van der Waals surface area contributed by atoms with E-state index < -0.39 is 0 Å². The molecule has 0 aromatic carbocycles. The number of hydrogen-bond acceptors (Lipinski definition) is 5. The predicted molar refractivity (Wildman–Crippen MR) is 72.6 cm³/mol. The van der Waals surface area contributed by atoms with E-state index in [1.54, 1.807) is 24.6 Å². The second-order valence-electron chi connectivity index (χ2n) is 3.53. The zero-order valence-corrected chi connectivity index (χ0v) is 11.5. The number of pyridine rings is 1. The Balaban J connectivity index is 1.85. The molecule has 17 heavy (non-hydrogen) atoms. The maximum absolute atomic E-state index is 5.17. The van der Waals surface area contributed by atoms with Crippen molar-refractivity contribution >= 4 is 23.1 Å². The van der Waals surface area contributed by atoms with E-state index in [9.17, 15) is 0 Å². The number of aromatic nitrogens is 2. The van der Waals surface area contributed by atoms with Gasteiger partial charge in [-0.25, -0.2) is 4.98 Å². The molecule has 2 rings (SSSR count). The second-order valence-corrected chi connectivity index (χ2v) is 5.83. The maximum atomic E-state index is 5.17. The number of thioether (sulfide) groups is 1. The van der Waals surface area contributed by atoms with E-state index in [2.05, 4.69) is 9.97 Å². The van der Waals surface area contributed by atoms with Crippen molar-refractivity contribution in [2.24, 2.45) is 0 Å². The van der Waals surface area contributed by atoms with Gasteiger partial charge in [-0.3, -0.25) is 4.98 Å². The molecule has 2 heterocycles. The van der Waals surface area contributed by atoms with Crippen molar-refractivity contribution < 1.29 is 4.74 Å². The van der Waals surface area contributed by atoms with Crippen LogP contribution in [0.3, 0.4) is 0 Å². The van der Waals surface area contributed by atoms with Gasteiger partial charge in [-0.15, -0.1) is 23.1 Å². The van der Waals surface area contributed by atoms with Crippen LogP contribution in [0.5, 0.6) is 5.75 Å². The first kappa shape index (κ1) is 12.4. The summed E-state index contributed by atoms with van der Waals surface area (Å²) in [6.45, 7) is 2.03. The molecule has 0 unspecified atom stereocenters. The van der Waals surface area contributed by atoms with Gasteiger partial charge >= 0.3 is 0 Å². The molecule has 0 bridgehead atoms. The molecule has 0 saturated carbocycles. The van der Waals surface area contributed by atoms with Crippen LogP contribution in [0.1, 0.15) is 15.6 Å². The first-order chi connectivity index (χ1) is 8.28. The smallest absolute Gasteiger partial charge is 0.122 e. The van der Waals surface area contributed by atoms with Crippen LogP contribution in [0.4, 0.5) is 0 Å². The molecule has 0 N–H and O–H groups in total. The summed E-state index contributed by atoms with van der Waals surface area (Å²) >= 11 is 3.60. The van der Waals surface area contributed by atoms with E-state index in [4.69, 9.17) is 4.74 Å². The van der Waals surface area contributed by atoms with Crippen LogP contribution in [0, 0.1) is 6.92 Å². The van der Waals surface area contributed by atoms with Gasteiger partial charge in [0.15, 0.2) is 0 Å². The number of nitrogens with zero attached hydrogens (tertiary/aromatic N) is 2. The van der Waals surface area contributed by atoms with Crippen LogP contribution in [0.15, 0.2) is 24.5 Å². The molecule has 0 fully saturated rings. The third-order valence-electron chi connectivity index (χ3n) is 2.19. The lowest BCUT2D eigenvalue weighted by atomic mass is 10.3. The molecule has 2 aromatic heterocycles. The summed E-state index contributed by atoms with van der Waals surface area (Å²) < 4.78 is 5.17. The molecule has 0 aliphatic heterocycles. The fourth-order valence-corrected chi connectivity index (χ4v) is 3.21. The van der Waals surface area contributed by atoms with E-state index in [1.165, 1.54) is 4.88 Å². The predicted octanol–water partition coefficient (Wildman–Crippen LogP) is 3.29. The molecule has 3 nitrogen and oxygen atoms in total. The van der Waals surface area contributed by atoms with Crippen LogP contribution in [0.25, 0.3) is 0 Å². The lowest BCUT2D eigenvalue weighted by Crippen LogP contribution is -1.89. The lowest BCUT2D eigenvalue weighted by Gasteiger charge is -2.02. The Morgan fingerprint density at radius 1 is 1.35 bits per heavy atom. The molecular formula is C12H14N2OS2. The average molecular weight is 266 g/mol. The van der Waals surface area contributed by atoms with Gasteiger partial charge in [0.05, 0.1) is 17.8 Å². The Hall–Kier alpha value is -1.07. The standard InChI is InChI=1S/C12H14N2OS2/c1-9-14-6-12(17-9)8-16-7-10-5-11(15-2)3-4-13-10/h3-6H,7-8H2,1-2H3. The summed E-state index contributed by atoms with van der Waals surface area (Å²) in [5.74, 6) is 2.75. The largest absolute Gasteiger partial charge is 0.497 e. The number of hydrogen-bond donors (Lipinski definition) is 0. The van der Waals surface area contributed by atoms with E-state index in [1.807, 2.05) is 37.0 Å². The van der Waals surface area contributed by atoms with E-state index >= 15 is 0 Å². The average Bonchev–Trinajstić information content (AvgIpc) is 2.75. The molecule has 90 valence electrons. The minimum atomic E-state index is 0.865. The Morgan fingerprint density at radius 3 is 2.94 bits per heavy atom. The van der Waals surface area contributed by atoms with Crippen molar-refractivity contribution in [2.75, 3.05) is 7.11 Å². The fourth-order valence-electron chi connectivity index (χ4n) is 1.39. The summed E-state index contributed by atoms with van der Waals surface area (Å²) in [5.41, 5.74) is 1.05. The number of rotatable bonds is 5. The Morgan fingerprint density at radius 2 is 2.24 bits per heavy atom. The van der Waals surface area contributed by atoms with Gasteiger partial charge in [0.1, 0.15) is 5.75 Å². The molecule has 0 atom stereocenters. The molecule has 0 radical (unpaired) electrons. The van der Waals surface area contributed by atoms with Gasteiger partial charge in [-0.2, -0.15) is 0 Å². The van der Waals surface area contributed by atoms with Gasteiger partial charge < -0.3 is 4.74 Å². The zero-order chi connectivity index (χ0) is 12.1. The van der Waals surface area contributed by atoms with Crippen LogP contribution in [0.2, 0.25) is 0 Å². The minimum absolute atomic E-state index is 0.865. The maximum Gasteiger partial charge on any atom is 0.122 e. The summed E-state index contributed by atoms with van der Waals surface area (Å²) in [5, 5.41) is 1.13. The lowest BCUT2D eigenvalue weighted by molar-refractivity contribution is 0.413. The first-order valence-corrected chi connectivity index (χ1v) is 7.23. The minimum Gasteiger partial charge on any atom is -0.497 e. The fraction of sp³-hybridized carbons (Fsp3) is 0.333. The Bertz CT molecular complexity index is 485. The van der Waals surface area contributed by atoms with Crippen molar-refractivity contribution in [3.8, 4) is 5.75 Å². The van der Waals surface area contributed by atoms with Crippen LogP contribution in [-0.2, 0) is 11.5 Å². The molecule has 0 saturated heterocycles. The van der Waals surface area contributed by atoms with Gasteiger partial charge in [-0.1, -0.05) is 0 Å². The van der Waals surface area contributed by atoms with Crippen molar-refractivity contribution in [3.05, 3.63) is 40.1 Å². The highest BCUT2D eigenvalue weighted by molar-refractivity contribution is 7.97. The van der Waals surface area contributed by atoms with E-state index in [0.29, 0.717) is 0 Å². The van der Waals surface area contributed by atoms with Gasteiger partial charge in [0.2, 0.25) is 0 Å². The molecule has 5 heteroatoms. The third-order valence-corrected chi connectivity index (χ3v) is 4.30. The number of aryl methyl sites for hydroxylation is 1.